The highest BCUT2D eigenvalue weighted by Crippen LogP contribution is 2.27. The first kappa shape index (κ1) is 13.5. The maximum Gasteiger partial charge on any atom is 0.339 e. The van der Waals surface area contributed by atoms with Crippen molar-refractivity contribution in [2.75, 3.05) is 5.32 Å². The molecule has 0 fully saturated rings. The summed E-state index contributed by atoms with van der Waals surface area (Å²) in [7, 11) is 0. The van der Waals surface area contributed by atoms with Crippen LogP contribution in [0.4, 0.5) is 14.5 Å². The molecule has 1 heterocycles. The monoisotopic (exact) mass is 331 g/mol. The van der Waals surface area contributed by atoms with Gasteiger partial charge >= 0.3 is 5.97 Å². The lowest BCUT2D eigenvalue weighted by atomic mass is 10.2. The van der Waals surface area contributed by atoms with Gasteiger partial charge in [-0.2, -0.15) is 0 Å². The van der Waals surface area contributed by atoms with Gasteiger partial charge in [-0.15, -0.1) is 0 Å². The summed E-state index contributed by atoms with van der Waals surface area (Å²) in [6.45, 7) is -0.0320. The third kappa shape index (κ3) is 2.93. The van der Waals surface area contributed by atoms with Gasteiger partial charge in [-0.3, -0.25) is 0 Å². The van der Waals surface area contributed by atoms with Gasteiger partial charge in [-0.1, -0.05) is 0 Å². The summed E-state index contributed by atoms with van der Waals surface area (Å²) in [5.41, 5.74) is 0.0280. The van der Waals surface area contributed by atoms with Gasteiger partial charge in [0, 0.05) is 10.5 Å². The Balaban J connectivity index is 2.19. The number of carboxylic acid groups (broad SMARTS) is 1. The Morgan fingerprint density at radius 2 is 2.16 bits per heavy atom. The Kier molecular flexibility index (Phi) is 3.84. The quantitative estimate of drug-likeness (QED) is 0.898. The lowest BCUT2D eigenvalue weighted by Gasteiger charge is -2.09. The molecule has 0 radical (unpaired) electrons. The maximum absolute atomic E-state index is 13.5. The van der Waals surface area contributed by atoms with Gasteiger partial charge in [0.15, 0.2) is 0 Å². The van der Waals surface area contributed by atoms with Gasteiger partial charge in [0.25, 0.3) is 0 Å². The van der Waals surface area contributed by atoms with Crippen molar-refractivity contribution >= 4 is 27.6 Å². The van der Waals surface area contributed by atoms with Crippen LogP contribution in [0.1, 0.15) is 16.1 Å². The van der Waals surface area contributed by atoms with Crippen LogP contribution in [0.2, 0.25) is 0 Å². The smallest absolute Gasteiger partial charge is 0.339 e. The number of hydrogen-bond donors (Lipinski definition) is 2. The number of anilines is 1. The first-order valence-corrected chi connectivity index (χ1v) is 5.96. The van der Waals surface area contributed by atoms with E-state index >= 15 is 0 Å². The number of carboxylic acids is 1. The SMILES string of the molecule is O=C(O)c1ccoc1CNc1c(F)cc(F)cc1Br. The molecule has 2 aromatic rings. The summed E-state index contributed by atoms with van der Waals surface area (Å²) >= 11 is 3.02. The second kappa shape index (κ2) is 5.40. The van der Waals surface area contributed by atoms with E-state index in [2.05, 4.69) is 21.2 Å². The van der Waals surface area contributed by atoms with Crippen LogP contribution in [-0.2, 0) is 6.54 Å². The second-order valence-corrected chi connectivity index (χ2v) is 4.51. The average Bonchev–Trinajstić information content (AvgIpc) is 2.75. The van der Waals surface area contributed by atoms with Crippen molar-refractivity contribution in [1.29, 1.82) is 0 Å². The van der Waals surface area contributed by atoms with Crippen LogP contribution >= 0.6 is 15.9 Å². The normalized spacial score (nSPS) is 10.5. The summed E-state index contributed by atoms with van der Waals surface area (Å²) in [5.74, 6) is -2.47. The van der Waals surface area contributed by atoms with Crippen molar-refractivity contribution in [1.82, 2.24) is 0 Å². The van der Waals surface area contributed by atoms with E-state index in [1.165, 1.54) is 12.3 Å². The standard InChI is InChI=1S/C12H8BrF2NO3/c13-8-3-6(14)4-9(15)11(8)16-5-10-7(12(17)18)1-2-19-10/h1-4,16H,5H2,(H,17,18). The molecule has 19 heavy (non-hydrogen) atoms. The van der Waals surface area contributed by atoms with E-state index in [9.17, 15) is 13.6 Å². The highest BCUT2D eigenvalue weighted by Gasteiger charge is 2.15. The summed E-state index contributed by atoms with van der Waals surface area (Å²) in [4.78, 5) is 10.9. The van der Waals surface area contributed by atoms with Crippen molar-refractivity contribution in [2.45, 2.75) is 6.54 Å². The number of aromatic carboxylic acids is 1. The molecule has 0 unspecified atom stereocenters. The van der Waals surface area contributed by atoms with E-state index < -0.39 is 17.6 Å². The van der Waals surface area contributed by atoms with Crippen LogP contribution in [0.25, 0.3) is 0 Å². The molecule has 1 aromatic carbocycles. The molecular formula is C12H8BrF2NO3. The van der Waals surface area contributed by atoms with Gasteiger partial charge in [0.1, 0.15) is 23.0 Å². The highest BCUT2D eigenvalue weighted by molar-refractivity contribution is 9.10. The van der Waals surface area contributed by atoms with Crippen molar-refractivity contribution in [3.63, 3.8) is 0 Å². The minimum Gasteiger partial charge on any atom is -0.478 e. The highest BCUT2D eigenvalue weighted by atomic mass is 79.9. The molecular weight excluding hydrogens is 324 g/mol. The van der Waals surface area contributed by atoms with E-state index in [4.69, 9.17) is 9.52 Å². The van der Waals surface area contributed by atoms with Crippen molar-refractivity contribution < 1.29 is 23.1 Å². The molecule has 0 spiro atoms. The minimum absolute atomic E-state index is 0.00820. The lowest BCUT2D eigenvalue weighted by molar-refractivity contribution is 0.0694. The van der Waals surface area contributed by atoms with Crippen LogP contribution in [0, 0.1) is 11.6 Å². The first-order chi connectivity index (χ1) is 8.99. The molecule has 4 nitrogen and oxygen atoms in total. The molecule has 0 bridgehead atoms. The molecule has 0 atom stereocenters. The van der Waals surface area contributed by atoms with Crippen molar-refractivity contribution in [3.8, 4) is 0 Å². The van der Waals surface area contributed by atoms with Gasteiger partial charge in [0.05, 0.1) is 18.5 Å². The molecule has 7 heteroatoms. The molecule has 0 amide bonds. The molecule has 0 aliphatic carbocycles. The number of halogens is 3. The predicted molar refractivity (Wildman–Crippen MR) is 67.1 cm³/mol. The first-order valence-electron chi connectivity index (χ1n) is 5.17. The van der Waals surface area contributed by atoms with E-state index in [1.54, 1.807) is 0 Å². The van der Waals surface area contributed by atoms with Crippen LogP contribution in [0.3, 0.4) is 0 Å². The molecule has 0 saturated heterocycles. The van der Waals surface area contributed by atoms with E-state index in [0.29, 0.717) is 0 Å². The molecule has 2 rings (SSSR count). The molecule has 100 valence electrons. The van der Waals surface area contributed by atoms with Crippen LogP contribution in [-0.4, -0.2) is 11.1 Å². The zero-order valence-electron chi connectivity index (χ0n) is 9.41. The third-order valence-corrected chi connectivity index (χ3v) is 3.03. The molecule has 0 saturated carbocycles. The summed E-state index contributed by atoms with van der Waals surface area (Å²) in [6, 6.07) is 3.13. The molecule has 1 aromatic heterocycles. The number of hydrogen-bond acceptors (Lipinski definition) is 3. The Morgan fingerprint density at radius 1 is 1.42 bits per heavy atom. The van der Waals surface area contributed by atoms with E-state index in [1.807, 2.05) is 0 Å². The summed E-state index contributed by atoms with van der Waals surface area (Å²) in [6.07, 6.45) is 1.23. The second-order valence-electron chi connectivity index (χ2n) is 3.66. The fourth-order valence-electron chi connectivity index (χ4n) is 1.55. The molecule has 2 N–H and O–H groups in total. The topological polar surface area (TPSA) is 62.5 Å². The van der Waals surface area contributed by atoms with E-state index in [0.717, 1.165) is 12.1 Å². The maximum atomic E-state index is 13.5. The Labute approximate surface area is 115 Å². The van der Waals surface area contributed by atoms with Crippen molar-refractivity contribution in [2.24, 2.45) is 0 Å². The van der Waals surface area contributed by atoms with Gasteiger partial charge in [0.2, 0.25) is 0 Å². The Hall–Kier alpha value is -1.89. The number of rotatable bonds is 4. The van der Waals surface area contributed by atoms with Crippen molar-refractivity contribution in [3.05, 3.63) is 51.9 Å². The molecule has 0 aliphatic rings. The zero-order chi connectivity index (χ0) is 14.0. The number of carbonyl (C=O) groups is 1. The van der Waals surface area contributed by atoms with Gasteiger partial charge in [-0.05, 0) is 28.1 Å². The van der Waals surface area contributed by atoms with Gasteiger partial charge < -0.3 is 14.8 Å². The number of furan rings is 1. The summed E-state index contributed by atoms with van der Waals surface area (Å²) in [5, 5.41) is 11.5. The van der Waals surface area contributed by atoms with E-state index in [-0.39, 0.29) is 28.0 Å². The molecule has 0 aliphatic heterocycles. The average molecular weight is 332 g/mol. The summed E-state index contributed by atoms with van der Waals surface area (Å²) < 4.78 is 31.6. The Morgan fingerprint density at radius 3 is 2.79 bits per heavy atom. The van der Waals surface area contributed by atoms with Gasteiger partial charge in [-0.25, -0.2) is 13.6 Å². The fourth-order valence-corrected chi connectivity index (χ4v) is 2.10. The fraction of sp³-hybridized carbons (Fsp3) is 0.0833. The minimum atomic E-state index is -1.14. The Bertz CT molecular complexity index is 604. The van der Waals surface area contributed by atoms with Crippen LogP contribution in [0.5, 0.6) is 0 Å². The number of nitrogens with one attached hydrogen (secondary N) is 1. The third-order valence-electron chi connectivity index (χ3n) is 2.41. The predicted octanol–water partition coefficient (Wildman–Crippen LogP) is 3.63. The van der Waals surface area contributed by atoms with Crippen LogP contribution in [0.15, 0.2) is 33.4 Å². The number of benzene rings is 1. The zero-order valence-corrected chi connectivity index (χ0v) is 11.0. The largest absolute Gasteiger partial charge is 0.478 e. The van der Waals surface area contributed by atoms with Crippen LogP contribution < -0.4 is 5.32 Å². The lowest BCUT2D eigenvalue weighted by Crippen LogP contribution is -2.06.